The van der Waals surface area contributed by atoms with Crippen LogP contribution in [0.1, 0.15) is 37.8 Å². The molecule has 0 atom stereocenters. The third-order valence-corrected chi connectivity index (χ3v) is 7.53. The van der Waals surface area contributed by atoms with Gasteiger partial charge in [-0.25, -0.2) is 5.01 Å². The summed E-state index contributed by atoms with van der Waals surface area (Å²) in [6.07, 6.45) is 2.33. The van der Waals surface area contributed by atoms with Gasteiger partial charge in [-0.3, -0.25) is 10.3 Å². The highest BCUT2D eigenvalue weighted by Gasteiger charge is 2.24. The number of nitrogens with one attached hydrogen (secondary N) is 2. The van der Waals surface area contributed by atoms with Gasteiger partial charge in [-0.05, 0) is 75.6 Å². The number of hydrogen-bond donors (Lipinski definition) is 2. The number of piperazine rings is 1. The highest BCUT2D eigenvalue weighted by molar-refractivity contribution is 5.88. The minimum atomic E-state index is 0.565. The zero-order valence-corrected chi connectivity index (χ0v) is 20.6. The van der Waals surface area contributed by atoms with E-state index in [2.05, 4.69) is 76.3 Å². The van der Waals surface area contributed by atoms with E-state index < -0.39 is 0 Å². The molecule has 2 aromatic carbocycles. The van der Waals surface area contributed by atoms with E-state index in [1.54, 1.807) is 0 Å². The molecule has 0 unspecified atom stereocenters. The Morgan fingerprint density at radius 2 is 1.74 bits per heavy atom. The molecule has 178 valence electrons. The molecule has 2 fully saturated rings. The number of fused-ring (bicyclic) bond motifs is 1. The van der Waals surface area contributed by atoms with Gasteiger partial charge in [0, 0.05) is 79.2 Å². The minimum Gasteiger partial charge on any atom is -0.371 e. The Kier molecular flexibility index (Phi) is 6.60. The molecule has 3 heterocycles. The first-order valence-electron chi connectivity index (χ1n) is 12.6. The Labute approximate surface area is 203 Å². The number of hydrazine groups is 1. The first-order chi connectivity index (χ1) is 16.5. The smallest absolute Gasteiger partial charge is 0.0991 e. The predicted molar refractivity (Wildman–Crippen MR) is 140 cm³/mol. The van der Waals surface area contributed by atoms with Gasteiger partial charge >= 0.3 is 0 Å². The van der Waals surface area contributed by atoms with Crippen molar-refractivity contribution in [3.8, 4) is 17.3 Å². The average molecular weight is 457 g/mol. The van der Waals surface area contributed by atoms with Gasteiger partial charge in [0.15, 0.2) is 0 Å². The zero-order chi connectivity index (χ0) is 23.7. The second-order valence-electron chi connectivity index (χ2n) is 10.1. The summed E-state index contributed by atoms with van der Waals surface area (Å²) in [5.41, 5.74) is 10.5. The van der Waals surface area contributed by atoms with Crippen LogP contribution in [0.5, 0.6) is 0 Å². The maximum atomic E-state index is 9.21. The second-order valence-corrected chi connectivity index (χ2v) is 10.1. The number of nitriles is 1. The van der Waals surface area contributed by atoms with Gasteiger partial charge in [-0.1, -0.05) is 6.07 Å². The number of aromatic nitrogens is 1. The fourth-order valence-electron chi connectivity index (χ4n) is 5.34. The molecule has 5 rings (SSSR count). The van der Waals surface area contributed by atoms with Crippen molar-refractivity contribution in [1.29, 1.82) is 5.26 Å². The van der Waals surface area contributed by atoms with E-state index in [-0.39, 0.29) is 0 Å². The Morgan fingerprint density at radius 1 is 0.971 bits per heavy atom. The maximum absolute atomic E-state index is 9.21. The normalized spacial score (nSPS) is 18.6. The van der Waals surface area contributed by atoms with Crippen LogP contribution >= 0.6 is 0 Å². The molecule has 0 amide bonds. The summed E-state index contributed by atoms with van der Waals surface area (Å²) >= 11 is 0. The molecular weight excluding hydrogens is 420 g/mol. The Hall–Kier alpha value is -2.85. The van der Waals surface area contributed by atoms with Crippen LogP contribution in [0.15, 0.2) is 42.5 Å². The highest BCUT2D eigenvalue weighted by Crippen LogP contribution is 2.31. The second kappa shape index (κ2) is 9.79. The number of aryl methyl sites for hydroxylation is 1. The lowest BCUT2D eigenvalue weighted by molar-refractivity contribution is 0.0558. The topological polar surface area (TPSA) is 61.3 Å². The van der Waals surface area contributed by atoms with E-state index in [1.807, 2.05) is 18.2 Å². The van der Waals surface area contributed by atoms with Crippen LogP contribution in [0.3, 0.4) is 0 Å². The van der Waals surface area contributed by atoms with Crippen LogP contribution in [-0.2, 0) is 0 Å². The molecule has 3 aromatic rings. The summed E-state index contributed by atoms with van der Waals surface area (Å²) in [4.78, 5) is 8.63. The molecule has 2 saturated heterocycles. The average Bonchev–Trinajstić information content (AvgIpc) is 3.28. The van der Waals surface area contributed by atoms with Crippen molar-refractivity contribution in [2.45, 2.75) is 45.7 Å². The van der Waals surface area contributed by atoms with Crippen LogP contribution in [0.2, 0.25) is 0 Å². The molecule has 2 aliphatic rings. The van der Waals surface area contributed by atoms with Crippen molar-refractivity contribution in [1.82, 2.24) is 20.3 Å². The summed E-state index contributed by atoms with van der Waals surface area (Å²) < 4.78 is 0. The van der Waals surface area contributed by atoms with Crippen molar-refractivity contribution in [2.24, 2.45) is 0 Å². The van der Waals surface area contributed by atoms with Crippen LogP contribution < -0.4 is 10.3 Å². The molecule has 0 aliphatic carbocycles. The molecule has 34 heavy (non-hydrogen) atoms. The van der Waals surface area contributed by atoms with Crippen LogP contribution in [0.4, 0.5) is 5.69 Å². The van der Waals surface area contributed by atoms with Gasteiger partial charge < -0.3 is 9.88 Å². The first kappa shape index (κ1) is 22.9. The molecule has 0 bridgehead atoms. The number of aromatic amines is 1. The van der Waals surface area contributed by atoms with E-state index in [0.29, 0.717) is 17.6 Å². The fraction of sp³-hybridized carbons (Fsp3) is 0.464. The van der Waals surface area contributed by atoms with Gasteiger partial charge in [0.25, 0.3) is 0 Å². The number of anilines is 1. The fourth-order valence-corrected chi connectivity index (χ4v) is 5.34. The zero-order valence-electron chi connectivity index (χ0n) is 20.6. The molecule has 2 N–H and O–H groups in total. The largest absolute Gasteiger partial charge is 0.371 e. The van der Waals surface area contributed by atoms with Gasteiger partial charge in [-0.2, -0.15) is 5.26 Å². The first-order valence-corrected chi connectivity index (χ1v) is 12.6. The lowest BCUT2D eigenvalue weighted by Crippen LogP contribution is -2.57. The molecule has 2 aliphatic heterocycles. The summed E-state index contributed by atoms with van der Waals surface area (Å²) in [5.74, 6) is 0. The number of hydrogen-bond acceptors (Lipinski definition) is 5. The highest BCUT2D eigenvalue weighted by atomic mass is 15.5. The molecule has 6 heteroatoms. The monoisotopic (exact) mass is 456 g/mol. The van der Waals surface area contributed by atoms with Crippen molar-refractivity contribution >= 4 is 16.6 Å². The number of H-pyrrole nitrogens is 1. The van der Waals surface area contributed by atoms with Crippen LogP contribution in [-0.4, -0.2) is 66.2 Å². The van der Waals surface area contributed by atoms with E-state index >= 15 is 0 Å². The summed E-state index contributed by atoms with van der Waals surface area (Å²) in [5, 5.41) is 12.7. The van der Waals surface area contributed by atoms with Gasteiger partial charge in [0.2, 0.25) is 0 Å². The Morgan fingerprint density at radius 3 is 2.44 bits per heavy atom. The lowest BCUT2D eigenvalue weighted by Gasteiger charge is -2.41. The number of nitrogens with zero attached hydrogens (tertiary/aromatic N) is 4. The van der Waals surface area contributed by atoms with Crippen molar-refractivity contribution < 1.29 is 0 Å². The minimum absolute atomic E-state index is 0.565. The van der Waals surface area contributed by atoms with E-state index in [9.17, 15) is 5.26 Å². The van der Waals surface area contributed by atoms with E-state index in [4.69, 9.17) is 0 Å². The molecule has 0 spiro atoms. The molecule has 6 nitrogen and oxygen atoms in total. The Bertz CT molecular complexity index is 1170. The van der Waals surface area contributed by atoms with Gasteiger partial charge in [0.05, 0.1) is 11.6 Å². The standard InChI is InChI=1S/C28H36N6/c1-20(2)32-12-14-34(15-13-32)31-24-8-10-33(11-9-24)25-6-4-21(3)26(18-25)28-17-23-16-22(19-29)5-7-27(23)30-28/h4-7,16-18,20,24,30-31H,8-15H2,1-3H3. The molecule has 0 radical (unpaired) electrons. The van der Waals surface area contributed by atoms with Gasteiger partial charge in [-0.15, -0.1) is 0 Å². The Balaban J connectivity index is 1.23. The van der Waals surface area contributed by atoms with Crippen molar-refractivity contribution in [3.63, 3.8) is 0 Å². The van der Waals surface area contributed by atoms with Crippen LogP contribution in [0, 0.1) is 18.3 Å². The number of benzene rings is 2. The third kappa shape index (κ3) is 4.83. The van der Waals surface area contributed by atoms with E-state index in [1.165, 1.54) is 16.8 Å². The van der Waals surface area contributed by atoms with E-state index in [0.717, 1.165) is 68.7 Å². The molecule has 1 aromatic heterocycles. The lowest BCUT2D eigenvalue weighted by atomic mass is 10.0. The van der Waals surface area contributed by atoms with Gasteiger partial charge in [0.1, 0.15) is 0 Å². The summed E-state index contributed by atoms with van der Waals surface area (Å²) in [6, 6.07) is 18.2. The maximum Gasteiger partial charge on any atom is 0.0991 e. The number of rotatable bonds is 5. The molecule has 0 saturated carbocycles. The van der Waals surface area contributed by atoms with Crippen molar-refractivity contribution in [3.05, 3.63) is 53.6 Å². The summed E-state index contributed by atoms with van der Waals surface area (Å²) in [6.45, 7) is 13.4. The quantitative estimate of drug-likeness (QED) is 0.591. The SMILES string of the molecule is Cc1ccc(N2CCC(NN3CCN(C(C)C)CC3)CC2)cc1-c1cc2cc(C#N)ccc2[nH]1. The number of piperidine rings is 1. The predicted octanol–water partition coefficient (Wildman–Crippen LogP) is 4.51. The summed E-state index contributed by atoms with van der Waals surface area (Å²) in [7, 11) is 0. The van der Waals surface area contributed by atoms with Crippen LogP contribution in [0.25, 0.3) is 22.2 Å². The van der Waals surface area contributed by atoms with Crippen molar-refractivity contribution in [2.75, 3.05) is 44.2 Å². The molecular formula is C28H36N6. The third-order valence-electron chi connectivity index (χ3n) is 7.53.